The maximum atomic E-state index is 5.90. The van der Waals surface area contributed by atoms with E-state index < -0.39 is 0 Å². The van der Waals surface area contributed by atoms with Crippen LogP contribution in [-0.4, -0.2) is 23.0 Å². The third-order valence-corrected chi connectivity index (χ3v) is 4.66. The predicted molar refractivity (Wildman–Crippen MR) is 129 cm³/mol. The lowest BCUT2D eigenvalue weighted by atomic mass is 10.1. The van der Waals surface area contributed by atoms with Gasteiger partial charge in [0.15, 0.2) is 5.96 Å². The largest absolute Gasteiger partial charge is 0.444 e. The van der Waals surface area contributed by atoms with Crippen molar-refractivity contribution in [1.82, 2.24) is 20.6 Å². The molecule has 0 radical (unpaired) electrons. The Morgan fingerprint density at radius 2 is 1.80 bits per heavy atom. The molecule has 2 heterocycles. The highest BCUT2D eigenvalue weighted by atomic mass is 127. The molecule has 0 spiro atoms. The molecular formula is C22H28IN5O2. The number of hydrogen-bond donors (Lipinski definition) is 2. The second-order valence-electron chi connectivity index (χ2n) is 6.88. The molecule has 8 heteroatoms. The zero-order chi connectivity index (χ0) is 20.8. The van der Waals surface area contributed by atoms with Gasteiger partial charge in [0, 0.05) is 25.9 Å². The number of oxazole rings is 1. The van der Waals surface area contributed by atoms with E-state index in [2.05, 4.69) is 39.4 Å². The summed E-state index contributed by atoms with van der Waals surface area (Å²) in [6, 6.07) is 9.86. The molecule has 0 fully saturated rings. The van der Waals surface area contributed by atoms with Crippen LogP contribution in [0.3, 0.4) is 0 Å². The number of guanidine groups is 1. The molecule has 0 atom stereocenters. The summed E-state index contributed by atoms with van der Waals surface area (Å²) in [5, 5.41) is 6.47. The number of nitrogens with one attached hydrogen (secondary N) is 2. The van der Waals surface area contributed by atoms with Crippen LogP contribution in [0, 0.1) is 27.7 Å². The number of aryl methyl sites for hydroxylation is 4. The van der Waals surface area contributed by atoms with E-state index in [0.29, 0.717) is 30.8 Å². The summed E-state index contributed by atoms with van der Waals surface area (Å²) >= 11 is 0. The van der Waals surface area contributed by atoms with Gasteiger partial charge in [-0.2, -0.15) is 0 Å². The van der Waals surface area contributed by atoms with E-state index >= 15 is 0 Å². The van der Waals surface area contributed by atoms with Crippen molar-refractivity contribution in [2.75, 3.05) is 7.05 Å². The maximum Gasteiger partial charge on any atom is 0.219 e. The highest BCUT2D eigenvalue weighted by Crippen LogP contribution is 2.22. The van der Waals surface area contributed by atoms with Crippen LogP contribution in [0.4, 0.5) is 0 Å². The van der Waals surface area contributed by atoms with E-state index in [1.54, 1.807) is 13.2 Å². The summed E-state index contributed by atoms with van der Waals surface area (Å²) in [6.45, 7) is 9.02. The zero-order valence-corrected chi connectivity index (χ0v) is 20.3. The van der Waals surface area contributed by atoms with E-state index in [1.165, 1.54) is 11.1 Å². The molecule has 0 bridgehead atoms. The Morgan fingerprint density at radius 3 is 2.47 bits per heavy atom. The number of halogens is 1. The van der Waals surface area contributed by atoms with Crippen molar-refractivity contribution in [3.05, 3.63) is 70.6 Å². The number of aliphatic imine (C=N–C) groups is 1. The number of aromatic nitrogens is 2. The van der Waals surface area contributed by atoms with Crippen molar-refractivity contribution < 1.29 is 9.15 Å². The van der Waals surface area contributed by atoms with E-state index in [-0.39, 0.29) is 24.0 Å². The van der Waals surface area contributed by atoms with Gasteiger partial charge < -0.3 is 19.8 Å². The minimum absolute atomic E-state index is 0. The molecule has 0 saturated heterocycles. The normalized spacial score (nSPS) is 11.0. The first kappa shape index (κ1) is 23.7. The summed E-state index contributed by atoms with van der Waals surface area (Å²) in [6.07, 6.45) is 1.74. The van der Waals surface area contributed by atoms with Crippen LogP contribution in [0.1, 0.15) is 34.0 Å². The van der Waals surface area contributed by atoms with Gasteiger partial charge in [0.2, 0.25) is 11.8 Å². The van der Waals surface area contributed by atoms with Gasteiger partial charge in [-0.3, -0.25) is 4.99 Å². The molecule has 0 aliphatic heterocycles. The lowest BCUT2D eigenvalue weighted by Crippen LogP contribution is -2.36. The average molecular weight is 521 g/mol. The molecule has 2 N–H and O–H groups in total. The fourth-order valence-electron chi connectivity index (χ4n) is 2.69. The number of hydrogen-bond acceptors (Lipinski definition) is 5. The van der Waals surface area contributed by atoms with E-state index in [0.717, 1.165) is 22.8 Å². The van der Waals surface area contributed by atoms with Crippen LogP contribution in [0.5, 0.6) is 11.6 Å². The van der Waals surface area contributed by atoms with Gasteiger partial charge in [0.25, 0.3) is 0 Å². The first-order valence-corrected chi connectivity index (χ1v) is 9.52. The third-order valence-electron chi connectivity index (χ3n) is 4.66. The van der Waals surface area contributed by atoms with Crippen LogP contribution in [0.15, 0.2) is 45.9 Å². The molecule has 30 heavy (non-hydrogen) atoms. The molecule has 0 aliphatic carbocycles. The van der Waals surface area contributed by atoms with Crippen LogP contribution in [0.25, 0.3) is 0 Å². The van der Waals surface area contributed by atoms with Crippen molar-refractivity contribution in [2.24, 2.45) is 4.99 Å². The van der Waals surface area contributed by atoms with E-state index in [9.17, 15) is 0 Å². The van der Waals surface area contributed by atoms with Crippen molar-refractivity contribution in [2.45, 2.75) is 40.8 Å². The monoisotopic (exact) mass is 521 g/mol. The second kappa shape index (κ2) is 11.0. The van der Waals surface area contributed by atoms with Crippen LogP contribution in [0.2, 0.25) is 0 Å². The molecular weight excluding hydrogens is 493 g/mol. The van der Waals surface area contributed by atoms with Gasteiger partial charge in [-0.15, -0.1) is 24.0 Å². The Hall–Kier alpha value is -2.62. The van der Waals surface area contributed by atoms with Gasteiger partial charge in [0.05, 0.1) is 12.2 Å². The predicted octanol–water partition coefficient (Wildman–Crippen LogP) is 4.58. The Morgan fingerprint density at radius 1 is 1.03 bits per heavy atom. The SMILES string of the molecule is CN=C(NCc1ccnc(Oc2ccc(C)c(C)c2)c1)NCc1nc(C)c(C)o1.I. The molecule has 0 saturated carbocycles. The number of ether oxygens (including phenoxy) is 1. The molecule has 0 amide bonds. The van der Waals surface area contributed by atoms with Crippen molar-refractivity contribution >= 4 is 29.9 Å². The van der Waals surface area contributed by atoms with Crippen molar-refractivity contribution in [3.63, 3.8) is 0 Å². The van der Waals surface area contributed by atoms with E-state index in [1.807, 2.05) is 44.2 Å². The summed E-state index contributed by atoms with van der Waals surface area (Å²) < 4.78 is 11.5. The number of pyridine rings is 1. The molecule has 3 aromatic rings. The molecule has 3 rings (SSSR count). The minimum atomic E-state index is 0. The van der Waals surface area contributed by atoms with Crippen LogP contribution < -0.4 is 15.4 Å². The molecule has 160 valence electrons. The Balaban J connectivity index is 0.00000320. The minimum Gasteiger partial charge on any atom is -0.444 e. The Kier molecular flexibility index (Phi) is 8.64. The first-order chi connectivity index (χ1) is 13.9. The lowest BCUT2D eigenvalue weighted by molar-refractivity contribution is 0.461. The molecule has 1 aromatic carbocycles. The van der Waals surface area contributed by atoms with Crippen LogP contribution >= 0.6 is 24.0 Å². The standard InChI is InChI=1S/C22H27N5O2.HI/c1-14-6-7-19(10-15(14)2)29-20-11-18(8-9-24-20)12-25-22(23-5)26-13-21-27-16(3)17(4)28-21;/h6-11H,12-13H2,1-5H3,(H2,23,25,26);1H. The first-order valence-electron chi connectivity index (χ1n) is 9.52. The Labute approximate surface area is 194 Å². The molecule has 2 aromatic heterocycles. The maximum absolute atomic E-state index is 5.90. The summed E-state index contributed by atoms with van der Waals surface area (Å²) in [7, 11) is 1.72. The van der Waals surface area contributed by atoms with Crippen molar-refractivity contribution in [3.8, 4) is 11.6 Å². The van der Waals surface area contributed by atoms with Crippen molar-refractivity contribution in [1.29, 1.82) is 0 Å². The highest BCUT2D eigenvalue weighted by Gasteiger charge is 2.07. The zero-order valence-electron chi connectivity index (χ0n) is 17.9. The van der Waals surface area contributed by atoms with Crippen LogP contribution in [-0.2, 0) is 13.1 Å². The summed E-state index contributed by atoms with van der Waals surface area (Å²) in [5.41, 5.74) is 4.35. The fraction of sp³-hybridized carbons (Fsp3) is 0.318. The quantitative estimate of drug-likeness (QED) is 0.281. The second-order valence-corrected chi connectivity index (χ2v) is 6.88. The molecule has 0 aliphatic rings. The smallest absolute Gasteiger partial charge is 0.219 e. The summed E-state index contributed by atoms with van der Waals surface area (Å²) in [5.74, 6) is 3.46. The number of benzene rings is 1. The van der Waals surface area contributed by atoms with Gasteiger partial charge >= 0.3 is 0 Å². The lowest BCUT2D eigenvalue weighted by Gasteiger charge is -2.12. The molecule has 7 nitrogen and oxygen atoms in total. The number of nitrogens with zero attached hydrogens (tertiary/aromatic N) is 3. The fourth-order valence-corrected chi connectivity index (χ4v) is 2.69. The van der Waals surface area contributed by atoms with E-state index in [4.69, 9.17) is 9.15 Å². The van der Waals surface area contributed by atoms with Gasteiger partial charge in [-0.25, -0.2) is 9.97 Å². The Bertz CT molecular complexity index is 997. The third kappa shape index (κ3) is 6.45. The molecule has 0 unspecified atom stereocenters. The average Bonchev–Trinajstić information content (AvgIpc) is 3.03. The highest BCUT2D eigenvalue weighted by molar-refractivity contribution is 14.0. The summed E-state index contributed by atoms with van der Waals surface area (Å²) in [4.78, 5) is 12.9. The number of rotatable bonds is 6. The van der Waals surface area contributed by atoms with Gasteiger partial charge in [-0.05, 0) is 62.6 Å². The van der Waals surface area contributed by atoms with Gasteiger partial charge in [0.1, 0.15) is 11.5 Å². The topological polar surface area (TPSA) is 84.6 Å². The van der Waals surface area contributed by atoms with Gasteiger partial charge in [-0.1, -0.05) is 6.07 Å².